The second kappa shape index (κ2) is 13.5. The van der Waals surface area contributed by atoms with Gasteiger partial charge in [-0.2, -0.15) is 0 Å². The van der Waals surface area contributed by atoms with E-state index in [-0.39, 0.29) is 55.9 Å². The monoisotopic (exact) mass is 616 g/mol. The van der Waals surface area contributed by atoms with Crippen LogP contribution in [0.4, 0.5) is 0 Å². The zero-order valence-electron chi connectivity index (χ0n) is 25.6. The predicted molar refractivity (Wildman–Crippen MR) is 154 cm³/mol. The van der Waals surface area contributed by atoms with Gasteiger partial charge in [0.2, 0.25) is 23.9 Å². The second-order valence-corrected chi connectivity index (χ2v) is 12.9. The van der Waals surface area contributed by atoms with Gasteiger partial charge in [-0.3, -0.25) is 14.4 Å². The highest BCUT2D eigenvalue weighted by Crippen LogP contribution is 2.60. The van der Waals surface area contributed by atoms with Crippen molar-refractivity contribution in [1.29, 1.82) is 0 Å². The zero-order chi connectivity index (χ0) is 31.5. The fourth-order valence-electron chi connectivity index (χ4n) is 7.29. The molecule has 1 aliphatic carbocycles. The van der Waals surface area contributed by atoms with Crippen LogP contribution in [0.15, 0.2) is 30.3 Å². The molecule has 242 valence electrons. The van der Waals surface area contributed by atoms with Crippen molar-refractivity contribution >= 4 is 23.8 Å². The molecule has 4 aliphatic heterocycles. The molecule has 1 aromatic carbocycles. The lowest BCUT2D eigenvalue weighted by Crippen LogP contribution is -2.70. The Kier molecular flexibility index (Phi) is 9.93. The van der Waals surface area contributed by atoms with Crippen LogP contribution in [0.1, 0.15) is 77.7 Å². The molecule has 12 heteroatoms. The number of hydrogen-bond donors (Lipinski definition) is 3. The third kappa shape index (κ3) is 6.93. The molecular formula is C32H44N2O10. The molecule has 1 aromatic rings. The van der Waals surface area contributed by atoms with Crippen LogP contribution in [-0.4, -0.2) is 65.4 Å². The molecule has 1 saturated carbocycles. The maximum absolute atomic E-state index is 12.8. The minimum absolute atomic E-state index is 0.0208. The number of benzene rings is 1. The van der Waals surface area contributed by atoms with Gasteiger partial charge in [0.1, 0.15) is 6.04 Å². The number of carbonyl (C=O) groups is 4. The number of amides is 2. The van der Waals surface area contributed by atoms with Crippen LogP contribution in [0.3, 0.4) is 0 Å². The van der Waals surface area contributed by atoms with Gasteiger partial charge in [0.25, 0.3) is 0 Å². The van der Waals surface area contributed by atoms with E-state index in [0.717, 1.165) is 24.8 Å². The number of nitrogens with one attached hydrogen (secondary N) is 2. The normalized spacial score (nSPS) is 34.6. The first-order valence-electron chi connectivity index (χ1n) is 15.7. The van der Waals surface area contributed by atoms with Gasteiger partial charge < -0.3 is 30.0 Å². The topological polar surface area (TPSA) is 159 Å². The van der Waals surface area contributed by atoms with Crippen molar-refractivity contribution in [2.45, 2.75) is 109 Å². The molecule has 12 nitrogen and oxygen atoms in total. The first kappa shape index (κ1) is 32.3. The minimum Gasteiger partial charge on any atom is -0.480 e. The molecule has 4 heterocycles. The number of aliphatic carboxylic acids is 1. The summed E-state index contributed by atoms with van der Waals surface area (Å²) in [5, 5.41) is 14.7. The summed E-state index contributed by atoms with van der Waals surface area (Å²) in [6.45, 7) is 6.27. The van der Waals surface area contributed by atoms with Gasteiger partial charge in [-0.05, 0) is 50.0 Å². The van der Waals surface area contributed by atoms with Gasteiger partial charge in [0.05, 0.1) is 6.42 Å². The smallest absolute Gasteiger partial charge is 0.326 e. The summed E-state index contributed by atoms with van der Waals surface area (Å²) < 4.78 is 18.3. The van der Waals surface area contributed by atoms with Gasteiger partial charge in [0.15, 0.2) is 11.9 Å². The van der Waals surface area contributed by atoms with Gasteiger partial charge in [-0.25, -0.2) is 14.6 Å². The molecule has 0 unspecified atom stereocenters. The zero-order valence-corrected chi connectivity index (χ0v) is 25.6. The maximum Gasteiger partial charge on any atom is 0.326 e. The fourth-order valence-corrected chi connectivity index (χ4v) is 7.29. The Morgan fingerprint density at radius 1 is 1.00 bits per heavy atom. The third-order valence-electron chi connectivity index (χ3n) is 9.72. The van der Waals surface area contributed by atoms with Crippen LogP contribution in [0.5, 0.6) is 0 Å². The SMILES string of the molecule is C[C@@H]1[C@@H](OC(=O)CCC(=O)NCCCC(=O)N[C@H](Cc2ccccc2)C(=O)O)O[C@H]2O[C@]3(C)CC[C@H]4[C@H](C)CC[C@H]1[C@]24OO3. The van der Waals surface area contributed by atoms with Crippen LogP contribution < -0.4 is 10.6 Å². The Hall–Kier alpha value is -3.06. The molecule has 0 aromatic heterocycles. The first-order chi connectivity index (χ1) is 21.0. The van der Waals surface area contributed by atoms with Gasteiger partial charge in [0, 0.05) is 44.1 Å². The van der Waals surface area contributed by atoms with Crippen molar-refractivity contribution in [1.82, 2.24) is 10.6 Å². The lowest BCUT2D eigenvalue weighted by atomic mass is 9.58. The van der Waals surface area contributed by atoms with Gasteiger partial charge in [-0.1, -0.05) is 44.2 Å². The summed E-state index contributed by atoms with van der Waals surface area (Å²) in [7, 11) is 0. The Balaban J connectivity index is 1.03. The average Bonchev–Trinajstić information content (AvgIpc) is 3.22. The molecule has 2 amide bonds. The molecule has 6 rings (SSSR count). The van der Waals surface area contributed by atoms with Crippen LogP contribution in [0.2, 0.25) is 0 Å². The van der Waals surface area contributed by atoms with E-state index < -0.39 is 47.9 Å². The van der Waals surface area contributed by atoms with E-state index in [1.165, 1.54) is 0 Å². The number of carboxylic acids is 1. The standard InChI is InChI=1S/C32H44N2O10/c1-19-11-12-23-20(2)29(41-30-32(23)22(19)15-16-31(3,42-30)43-44-32)40-27(37)14-13-25(35)33-17-7-10-26(36)34-24(28(38)39)18-21-8-5-4-6-9-21/h4-6,8-9,19-20,22-24,29-30H,7,10-18H2,1-3H3,(H,33,35)(H,34,36)(H,38,39)/t19-,20+,22+,23-,24-,29+,30+,31+,32+/m1/s1. The Labute approximate surface area is 257 Å². The molecule has 4 saturated heterocycles. The average molecular weight is 617 g/mol. The summed E-state index contributed by atoms with van der Waals surface area (Å²) in [5.41, 5.74) is 0.0582. The van der Waals surface area contributed by atoms with E-state index in [2.05, 4.69) is 17.6 Å². The molecule has 5 aliphatic rings. The van der Waals surface area contributed by atoms with E-state index in [1.54, 1.807) is 12.1 Å². The Morgan fingerprint density at radius 2 is 1.77 bits per heavy atom. The van der Waals surface area contributed by atoms with E-state index in [0.29, 0.717) is 18.8 Å². The number of carboxylic acid groups (broad SMARTS) is 1. The number of esters is 1. The second-order valence-electron chi connectivity index (χ2n) is 12.9. The summed E-state index contributed by atoms with van der Waals surface area (Å²) in [6, 6.07) is 8.02. The van der Waals surface area contributed by atoms with Crippen molar-refractivity contribution in [3.63, 3.8) is 0 Å². The number of fused-ring (bicyclic) bond motifs is 2. The fraction of sp³-hybridized carbons (Fsp3) is 0.688. The minimum atomic E-state index is -1.11. The maximum atomic E-state index is 12.8. The molecule has 9 atom stereocenters. The van der Waals surface area contributed by atoms with Crippen LogP contribution in [0.25, 0.3) is 0 Å². The summed E-state index contributed by atoms with van der Waals surface area (Å²) in [4.78, 5) is 60.9. The molecule has 1 spiro atoms. The predicted octanol–water partition coefficient (Wildman–Crippen LogP) is 3.23. The summed E-state index contributed by atoms with van der Waals surface area (Å²) >= 11 is 0. The highest BCUT2D eigenvalue weighted by molar-refractivity contribution is 5.84. The number of hydrogen-bond acceptors (Lipinski definition) is 9. The van der Waals surface area contributed by atoms with E-state index in [9.17, 15) is 24.3 Å². The molecule has 2 bridgehead atoms. The molecule has 0 radical (unpaired) electrons. The number of ether oxygens (including phenoxy) is 3. The Bertz CT molecular complexity index is 1210. The first-order valence-corrected chi connectivity index (χ1v) is 15.7. The van der Waals surface area contributed by atoms with E-state index in [1.807, 2.05) is 32.0 Å². The summed E-state index contributed by atoms with van der Waals surface area (Å²) in [6.07, 6.45) is 2.29. The number of carbonyl (C=O) groups excluding carboxylic acids is 3. The van der Waals surface area contributed by atoms with Crippen molar-refractivity contribution in [3.05, 3.63) is 35.9 Å². The van der Waals surface area contributed by atoms with Crippen LogP contribution >= 0.6 is 0 Å². The molecule has 44 heavy (non-hydrogen) atoms. The molecular weight excluding hydrogens is 572 g/mol. The lowest BCUT2D eigenvalue weighted by Gasteiger charge is -2.59. The molecule has 5 fully saturated rings. The van der Waals surface area contributed by atoms with E-state index >= 15 is 0 Å². The molecule has 3 N–H and O–H groups in total. The Morgan fingerprint density at radius 3 is 2.52 bits per heavy atom. The lowest BCUT2D eigenvalue weighted by molar-refractivity contribution is -0.576. The van der Waals surface area contributed by atoms with Crippen molar-refractivity contribution in [2.75, 3.05) is 6.54 Å². The van der Waals surface area contributed by atoms with Crippen molar-refractivity contribution < 1.29 is 48.3 Å². The number of rotatable bonds is 12. The highest BCUT2D eigenvalue weighted by Gasteiger charge is 2.69. The largest absolute Gasteiger partial charge is 0.480 e. The van der Waals surface area contributed by atoms with E-state index in [4.69, 9.17) is 24.0 Å². The van der Waals surface area contributed by atoms with Crippen LogP contribution in [-0.2, 0) is 49.6 Å². The van der Waals surface area contributed by atoms with Crippen LogP contribution in [0, 0.1) is 23.7 Å². The highest BCUT2D eigenvalue weighted by atomic mass is 17.3. The van der Waals surface area contributed by atoms with Crippen molar-refractivity contribution in [3.8, 4) is 0 Å². The van der Waals surface area contributed by atoms with Gasteiger partial charge in [-0.15, -0.1) is 0 Å². The quantitative estimate of drug-likeness (QED) is 0.181. The van der Waals surface area contributed by atoms with Gasteiger partial charge >= 0.3 is 11.9 Å². The van der Waals surface area contributed by atoms with Crippen molar-refractivity contribution in [2.24, 2.45) is 23.7 Å². The summed E-state index contributed by atoms with van der Waals surface area (Å²) in [5.74, 6) is -2.86. The third-order valence-corrected chi connectivity index (χ3v) is 9.72.